The largest absolute Gasteiger partial charge is 0.496 e. The maximum Gasteiger partial charge on any atom is 0.173 e. The molecule has 7 aromatic carbocycles. The van der Waals surface area contributed by atoms with Gasteiger partial charge < -0.3 is 68.6 Å². The molecule has 0 radical (unpaired) electrons. The molecule has 0 fully saturated rings. The maximum atomic E-state index is 6.67. The van der Waals surface area contributed by atoms with E-state index < -0.39 is 0 Å². The number of thiocarbonyl (C=S) groups is 2. The second-order valence-electron chi connectivity index (χ2n) is 17.4. The minimum absolute atomic E-state index is 0.0385. The van der Waals surface area contributed by atoms with Crippen molar-refractivity contribution in [2.45, 2.75) is 32.1 Å². The van der Waals surface area contributed by atoms with E-state index in [2.05, 4.69) is 21.3 Å². The van der Waals surface area contributed by atoms with Gasteiger partial charge in [-0.1, -0.05) is 36.4 Å². The molecule has 7 aromatic rings. The zero-order chi connectivity index (χ0) is 52.8. The summed E-state index contributed by atoms with van der Waals surface area (Å²) in [6, 6.07) is 39.4. The van der Waals surface area contributed by atoms with Crippen LogP contribution in [0.15, 0.2) is 121 Å². The van der Waals surface area contributed by atoms with Crippen molar-refractivity contribution in [3.8, 4) is 57.5 Å². The molecule has 10 bridgehead atoms. The fraction of sp³-hybridized carbons (Fsp3) is 0.254. The van der Waals surface area contributed by atoms with E-state index >= 15 is 0 Å². The highest BCUT2D eigenvalue weighted by Gasteiger charge is 2.24. The first-order chi connectivity index (χ1) is 36.6. The fourth-order valence-corrected chi connectivity index (χ4v) is 9.52. The van der Waals surface area contributed by atoms with E-state index in [1.807, 2.05) is 121 Å². The average molecular weight is 1050 g/mol. The molecule has 16 heteroatoms. The number of rotatable bonds is 16. The highest BCUT2D eigenvalue weighted by atomic mass is 32.1. The van der Waals surface area contributed by atoms with E-state index in [0.29, 0.717) is 99.8 Å². The summed E-state index contributed by atoms with van der Waals surface area (Å²) in [7, 11) is 13.3. The molecule has 10 aliphatic carbocycles. The van der Waals surface area contributed by atoms with Crippen molar-refractivity contribution in [3.05, 3.63) is 177 Å². The van der Waals surface area contributed by atoms with Gasteiger partial charge in [-0.05, 0) is 109 Å². The van der Waals surface area contributed by atoms with Crippen molar-refractivity contribution in [2.75, 3.05) is 81.0 Å². The molecular weight excluding hydrogens is 989 g/mol. The molecule has 0 unspecified atom stereocenters. The summed E-state index contributed by atoms with van der Waals surface area (Å²) < 4.78 is 62.2. The second-order valence-corrected chi connectivity index (χ2v) is 18.2. The summed E-state index contributed by atoms with van der Waals surface area (Å²) in [5, 5.41) is 13.6. The van der Waals surface area contributed by atoms with Crippen LogP contribution in [0.1, 0.15) is 55.6 Å². The number of nitrogens with one attached hydrogen (secondary N) is 4. The molecule has 17 rings (SSSR count). The summed E-state index contributed by atoms with van der Waals surface area (Å²) in [5.74, 6) is 6.47. The zero-order valence-electron chi connectivity index (χ0n) is 43.4. The Kier molecular flexibility index (Phi) is 17.9. The fourth-order valence-electron chi connectivity index (χ4n) is 9.17. The van der Waals surface area contributed by atoms with Gasteiger partial charge in [0.25, 0.3) is 0 Å². The lowest BCUT2D eigenvalue weighted by Gasteiger charge is -2.21. The molecule has 4 N–H and O–H groups in total. The van der Waals surface area contributed by atoms with Crippen LogP contribution >= 0.6 is 24.4 Å². The van der Waals surface area contributed by atoms with Gasteiger partial charge in [-0.15, -0.1) is 0 Å². The van der Waals surface area contributed by atoms with Crippen molar-refractivity contribution >= 4 is 46.0 Å². The monoisotopic (exact) mass is 1050 g/mol. The SMILES string of the molecule is COc1cc2c(OC)cc1Cc1cc(OC)c(cc1OC)Cc1cc(OC)c(cc1OC)Cc1cc(OCNC(=S)Nc3ccccc3)c(cc1OCNC(=S)Nc1ccccc1)Cc1cc(OC)c(cc1OC)C2. The van der Waals surface area contributed by atoms with E-state index in [-0.39, 0.29) is 13.5 Å². The van der Waals surface area contributed by atoms with Crippen molar-refractivity contribution in [1.29, 1.82) is 0 Å². The summed E-state index contributed by atoms with van der Waals surface area (Å²) >= 11 is 11.4. The van der Waals surface area contributed by atoms with Gasteiger partial charge in [0.1, 0.15) is 57.5 Å². The number of para-hydroxylation sites is 2. The molecule has 75 heavy (non-hydrogen) atoms. The van der Waals surface area contributed by atoms with Crippen LogP contribution in [0.3, 0.4) is 0 Å². The average Bonchev–Trinajstić information content (AvgIpc) is 3.42. The molecule has 0 saturated carbocycles. The van der Waals surface area contributed by atoms with Gasteiger partial charge in [0.05, 0.1) is 56.9 Å². The van der Waals surface area contributed by atoms with E-state index in [4.69, 9.17) is 71.8 Å². The molecule has 0 aliphatic heterocycles. The number of ether oxygens (including phenoxy) is 10. The minimum Gasteiger partial charge on any atom is -0.496 e. The number of benzene rings is 7. The van der Waals surface area contributed by atoms with E-state index in [1.165, 1.54) is 0 Å². The molecule has 14 nitrogen and oxygen atoms in total. The maximum absolute atomic E-state index is 6.67. The predicted octanol–water partition coefficient (Wildman–Crippen LogP) is 10.7. The van der Waals surface area contributed by atoms with Gasteiger partial charge in [0.2, 0.25) is 0 Å². The summed E-state index contributed by atoms with van der Waals surface area (Å²) in [6.07, 6.45) is 2.05. The van der Waals surface area contributed by atoms with Gasteiger partial charge >= 0.3 is 0 Å². The molecule has 0 heterocycles. The van der Waals surface area contributed by atoms with Crippen molar-refractivity contribution < 1.29 is 47.4 Å². The highest BCUT2D eigenvalue weighted by molar-refractivity contribution is 7.80. The van der Waals surface area contributed by atoms with Crippen molar-refractivity contribution in [1.82, 2.24) is 10.6 Å². The number of methoxy groups -OCH3 is 8. The molecule has 0 spiro atoms. The number of anilines is 2. The molecule has 390 valence electrons. The Bertz CT molecular complexity index is 2930. The third-order valence-corrected chi connectivity index (χ3v) is 13.4. The standard InChI is InChI=1S/C59H62N4O10S2/c1-64-48-26-38-20-40-28-54(70-7)42(30-52(40)68-5)22-44-32-57(73-35-61-59(75)63-47-17-13-10-14-18-47)45(33-56(44)72-34-60-58(74)62-46-15-11-9-12-16-46)23-43-31-53(69-6)41(29-55(43)71-8)21-39-27-49(65-2)37(25-51(39)67-4)19-36(48)24-50(38)66-3/h9-18,24-33H,19-23,34-35H2,1-8H3,(H2,60,62,74)(H2,61,63,75). The normalized spacial score (nSPS) is 11.7. The minimum atomic E-state index is 0.0385. The summed E-state index contributed by atoms with van der Waals surface area (Å²) in [5.41, 5.74) is 10.3. The highest BCUT2D eigenvalue weighted by Crippen LogP contribution is 2.42. The van der Waals surface area contributed by atoms with E-state index in [1.54, 1.807) is 56.9 Å². The Morgan fingerprint density at radius 1 is 0.320 bits per heavy atom. The van der Waals surface area contributed by atoms with E-state index in [0.717, 1.165) is 67.0 Å². The van der Waals surface area contributed by atoms with Crippen LogP contribution in [-0.2, 0) is 32.1 Å². The number of hydrogen-bond acceptors (Lipinski definition) is 12. The summed E-state index contributed by atoms with van der Waals surface area (Å²) in [4.78, 5) is 0. The third kappa shape index (κ3) is 13.0. The van der Waals surface area contributed by atoms with Crippen LogP contribution in [0.25, 0.3) is 0 Å². The van der Waals surface area contributed by atoms with Crippen molar-refractivity contribution in [2.24, 2.45) is 0 Å². The molecule has 0 saturated heterocycles. The molecular formula is C59H62N4O10S2. The topological polar surface area (TPSA) is 140 Å². The van der Waals surface area contributed by atoms with Crippen LogP contribution in [0.4, 0.5) is 11.4 Å². The lowest BCUT2D eigenvalue weighted by Crippen LogP contribution is -2.32. The Labute approximate surface area is 449 Å². The quantitative estimate of drug-likeness (QED) is 0.0538. The van der Waals surface area contributed by atoms with Gasteiger partial charge in [0, 0.05) is 99.1 Å². The van der Waals surface area contributed by atoms with Crippen molar-refractivity contribution in [3.63, 3.8) is 0 Å². The molecule has 10 aliphatic rings. The zero-order valence-corrected chi connectivity index (χ0v) is 45.0. The first-order valence-corrected chi connectivity index (χ1v) is 24.9. The van der Waals surface area contributed by atoms with Crippen LogP contribution in [0.2, 0.25) is 0 Å². The van der Waals surface area contributed by atoms with E-state index in [9.17, 15) is 0 Å². The predicted molar refractivity (Wildman–Crippen MR) is 301 cm³/mol. The molecule has 0 amide bonds. The van der Waals surface area contributed by atoms with Crippen LogP contribution < -0.4 is 68.6 Å². The first kappa shape index (κ1) is 53.2. The smallest absolute Gasteiger partial charge is 0.173 e. The third-order valence-electron chi connectivity index (χ3n) is 12.9. The Morgan fingerprint density at radius 2 is 0.520 bits per heavy atom. The molecule has 0 atom stereocenters. The first-order valence-electron chi connectivity index (χ1n) is 24.1. The Morgan fingerprint density at radius 3 is 0.733 bits per heavy atom. The van der Waals surface area contributed by atoms with Gasteiger partial charge in [-0.2, -0.15) is 0 Å². The lowest BCUT2D eigenvalue weighted by molar-refractivity contribution is 0.296. The molecule has 0 aromatic heterocycles. The van der Waals surface area contributed by atoms with Gasteiger partial charge in [0.15, 0.2) is 23.7 Å². The Balaban J connectivity index is 1.29. The van der Waals surface area contributed by atoms with Crippen LogP contribution in [0.5, 0.6) is 57.5 Å². The summed E-state index contributed by atoms with van der Waals surface area (Å²) in [6.45, 7) is 0.0771. The number of hydrogen-bond donors (Lipinski definition) is 4. The second kappa shape index (κ2) is 25.2. The van der Waals surface area contributed by atoms with Crippen LogP contribution in [0, 0.1) is 0 Å². The van der Waals surface area contributed by atoms with Gasteiger partial charge in [-0.25, -0.2) is 0 Å². The van der Waals surface area contributed by atoms with Gasteiger partial charge in [-0.3, -0.25) is 0 Å². The lowest BCUT2D eigenvalue weighted by atomic mass is 9.94. The Hall–Kier alpha value is -8.08. The van der Waals surface area contributed by atoms with Crippen LogP contribution in [-0.4, -0.2) is 80.6 Å².